The van der Waals surface area contributed by atoms with Crippen molar-refractivity contribution in [2.75, 3.05) is 6.61 Å². The minimum atomic E-state index is 0.0416. The van der Waals surface area contributed by atoms with Crippen LogP contribution in [0.25, 0.3) is 10.9 Å². The number of epoxide rings is 1. The van der Waals surface area contributed by atoms with E-state index in [-0.39, 0.29) is 6.29 Å². The highest BCUT2D eigenvalue weighted by atomic mass is 16.8. The summed E-state index contributed by atoms with van der Waals surface area (Å²) in [5.41, 5.74) is 4.02. The number of H-pyrrole nitrogens is 1. The van der Waals surface area contributed by atoms with Gasteiger partial charge in [0.15, 0.2) is 6.29 Å². The normalized spacial score (nSPS) is 29.4. The van der Waals surface area contributed by atoms with E-state index in [2.05, 4.69) is 16.0 Å². The smallest absolute Gasteiger partial charge is 0.184 e. The molecule has 3 unspecified atom stereocenters. The number of hydrogen-bond acceptors (Lipinski definition) is 3. The van der Waals surface area contributed by atoms with E-state index in [1.54, 1.807) is 0 Å². The van der Waals surface area contributed by atoms with Gasteiger partial charge in [0.2, 0.25) is 0 Å². The standard InChI is InChI=1S/C15H18N2O2/c1-2-18-15-14(19-15)9-3-4-12-10(7-9)11-8-16-6-5-13(11)17-12/h5-6,8-9,14-15,17H,2-4,7H2,1H3. The lowest BCUT2D eigenvalue weighted by Gasteiger charge is -2.20. The Morgan fingerprint density at radius 2 is 2.47 bits per heavy atom. The molecule has 1 aliphatic carbocycles. The number of aromatic nitrogens is 2. The first-order valence-electron chi connectivity index (χ1n) is 7.07. The van der Waals surface area contributed by atoms with Gasteiger partial charge >= 0.3 is 0 Å². The van der Waals surface area contributed by atoms with Crippen molar-refractivity contribution in [3.8, 4) is 0 Å². The van der Waals surface area contributed by atoms with E-state index in [1.165, 1.54) is 28.6 Å². The molecule has 0 spiro atoms. The molecular weight excluding hydrogens is 240 g/mol. The van der Waals surface area contributed by atoms with Gasteiger partial charge in [0, 0.05) is 35.6 Å². The van der Waals surface area contributed by atoms with Gasteiger partial charge in [0.25, 0.3) is 0 Å². The summed E-state index contributed by atoms with van der Waals surface area (Å²) in [4.78, 5) is 7.77. The van der Waals surface area contributed by atoms with Crippen LogP contribution >= 0.6 is 0 Å². The molecule has 1 aliphatic heterocycles. The number of hydrogen-bond donors (Lipinski definition) is 1. The van der Waals surface area contributed by atoms with Crippen LogP contribution < -0.4 is 0 Å². The van der Waals surface area contributed by atoms with Crippen LogP contribution in [-0.4, -0.2) is 29.0 Å². The molecule has 0 saturated carbocycles. The van der Waals surface area contributed by atoms with E-state index in [0.29, 0.717) is 12.0 Å². The van der Waals surface area contributed by atoms with Crippen molar-refractivity contribution in [2.24, 2.45) is 5.92 Å². The average Bonchev–Trinajstić information content (AvgIpc) is 3.11. The first kappa shape index (κ1) is 11.4. The largest absolute Gasteiger partial charge is 0.358 e. The molecule has 2 aromatic heterocycles. The Bertz CT molecular complexity index is 607. The summed E-state index contributed by atoms with van der Waals surface area (Å²) >= 11 is 0. The summed E-state index contributed by atoms with van der Waals surface area (Å²) in [6.45, 7) is 2.75. The van der Waals surface area contributed by atoms with Crippen molar-refractivity contribution < 1.29 is 9.47 Å². The summed E-state index contributed by atoms with van der Waals surface area (Å²) in [6.07, 6.45) is 7.52. The highest BCUT2D eigenvalue weighted by Gasteiger charge is 2.46. The number of nitrogens with zero attached hydrogens (tertiary/aromatic N) is 1. The maximum atomic E-state index is 5.65. The van der Waals surface area contributed by atoms with E-state index in [0.717, 1.165) is 19.4 Å². The Morgan fingerprint density at radius 1 is 1.53 bits per heavy atom. The number of pyridine rings is 1. The molecule has 1 fully saturated rings. The lowest BCUT2D eigenvalue weighted by atomic mass is 9.84. The van der Waals surface area contributed by atoms with E-state index in [1.807, 2.05) is 19.3 Å². The number of rotatable bonds is 3. The topological polar surface area (TPSA) is 50.4 Å². The number of nitrogens with one attached hydrogen (secondary N) is 1. The molecule has 0 aromatic carbocycles. The fourth-order valence-corrected chi connectivity index (χ4v) is 3.31. The van der Waals surface area contributed by atoms with Gasteiger partial charge in [-0.1, -0.05) is 0 Å². The summed E-state index contributed by atoms with van der Waals surface area (Å²) in [5, 5.41) is 1.27. The predicted molar refractivity (Wildman–Crippen MR) is 71.9 cm³/mol. The fourth-order valence-electron chi connectivity index (χ4n) is 3.31. The van der Waals surface area contributed by atoms with E-state index >= 15 is 0 Å². The van der Waals surface area contributed by atoms with Crippen LogP contribution in [0.15, 0.2) is 18.5 Å². The van der Waals surface area contributed by atoms with Crippen LogP contribution in [0.2, 0.25) is 0 Å². The molecule has 1 N–H and O–H groups in total. The van der Waals surface area contributed by atoms with Crippen molar-refractivity contribution in [3.63, 3.8) is 0 Å². The monoisotopic (exact) mass is 258 g/mol. The molecule has 0 amide bonds. The fraction of sp³-hybridized carbons (Fsp3) is 0.533. The first-order chi connectivity index (χ1) is 9.36. The van der Waals surface area contributed by atoms with Crippen LogP contribution in [0.3, 0.4) is 0 Å². The molecule has 3 heterocycles. The minimum absolute atomic E-state index is 0.0416. The zero-order chi connectivity index (χ0) is 12.8. The molecule has 4 nitrogen and oxygen atoms in total. The third-order valence-electron chi connectivity index (χ3n) is 4.31. The summed E-state index contributed by atoms with van der Waals surface area (Å²) in [5.74, 6) is 0.586. The van der Waals surface area contributed by atoms with Gasteiger partial charge in [-0.2, -0.15) is 0 Å². The number of aryl methyl sites for hydroxylation is 1. The summed E-state index contributed by atoms with van der Waals surface area (Å²) < 4.78 is 11.2. The molecule has 3 atom stereocenters. The molecule has 2 aliphatic rings. The molecular formula is C15H18N2O2. The van der Waals surface area contributed by atoms with Gasteiger partial charge in [-0.15, -0.1) is 0 Å². The van der Waals surface area contributed by atoms with E-state index in [9.17, 15) is 0 Å². The number of aromatic amines is 1. The predicted octanol–water partition coefficient (Wildman–Crippen LogP) is 2.43. The third-order valence-corrected chi connectivity index (χ3v) is 4.31. The molecule has 4 heteroatoms. The maximum Gasteiger partial charge on any atom is 0.184 e. The van der Waals surface area contributed by atoms with Gasteiger partial charge in [0.05, 0.1) is 0 Å². The first-order valence-corrected chi connectivity index (χ1v) is 7.07. The van der Waals surface area contributed by atoms with Gasteiger partial charge in [-0.05, 0) is 43.7 Å². The van der Waals surface area contributed by atoms with Gasteiger partial charge in [-0.25, -0.2) is 0 Å². The molecule has 0 bridgehead atoms. The Balaban J connectivity index is 1.60. The minimum Gasteiger partial charge on any atom is -0.358 e. The average molecular weight is 258 g/mol. The number of ether oxygens (including phenoxy) is 2. The third kappa shape index (κ3) is 1.86. The molecule has 1 saturated heterocycles. The second-order valence-corrected chi connectivity index (χ2v) is 5.43. The highest BCUT2D eigenvalue weighted by molar-refractivity contribution is 5.83. The Hall–Kier alpha value is -1.39. The van der Waals surface area contributed by atoms with Crippen LogP contribution in [-0.2, 0) is 22.3 Å². The molecule has 4 rings (SSSR count). The molecule has 100 valence electrons. The van der Waals surface area contributed by atoms with Crippen LogP contribution in [0, 0.1) is 5.92 Å². The summed E-state index contributed by atoms with van der Waals surface area (Å²) in [7, 11) is 0. The van der Waals surface area contributed by atoms with Crippen LogP contribution in [0.1, 0.15) is 24.6 Å². The van der Waals surface area contributed by atoms with Crippen molar-refractivity contribution >= 4 is 10.9 Å². The maximum absolute atomic E-state index is 5.65. The summed E-state index contributed by atoms with van der Waals surface area (Å²) in [6, 6.07) is 2.05. The van der Waals surface area contributed by atoms with Crippen molar-refractivity contribution in [1.29, 1.82) is 0 Å². The van der Waals surface area contributed by atoms with Crippen molar-refractivity contribution in [3.05, 3.63) is 29.7 Å². The second-order valence-electron chi connectivity index (χ2n) is 5.43. The van der Waals surface area contributed by atoms with Crippen molar-refractivity contribution in [2.45, 2.75) is 38.6 Å². The number of fused-ring (bicyclic) bond motifs is 3. The van der Waals surface area contributed by atoms with Crippen LogP contribution in [0.4, 0.5) is 0 Å². The second kappa shape index (κ2) is 4.32. The quantitative estimate of drug-likeness (QED) is 0.860. The SMILES string of the molecule is CCOC1OC1C1CCc2[nH]c3ccncc3c2C1. The molecule has 2 aromatic rings. The Kier molecular flexibility index (Phi) is 2.60. The highest BCUT2D eigenvalue weighted by Crippen LogP contribution is 2.40. The lowest BCUT2D eigenvalue weighted by molar-refractivity contribution is 0.0592. The van der Waals surface area contributed by atoms with Gasteiger partial charge < -0.3 is 14.5 Å². The molecule has 0 radical (unpaired) electrons. The van der Waals surface area contributed by atoms with E-state index < -0.39 is 0 Å². The zero-order valence-corrected chi connectivity index (χ0v) is 11.1. The lowest BCUT2D eigenvalue weighted by Crippen LogP contribution is -2.20. The van der Waals surface area contributed by atoms with Crippen LogP contribution in [0.5, 0.6) is 0 Å². The van der Waals surface area contributed by atoms with Gasteiger partial charge in [0.1, 0.15) is 6.10 Å². The molecule has 19 heavy (non-hydrogen) atoms. The zero-order valence-electron chi connectivity index (χ0n) is 11.1. The Morgan fingerprint density at radius 3 is 3.37 bits per heavy atom. The Labute approximate surface area is 112 Å². The van der Waals surface area contributed by atoms with Crippen molar-refractivity contribution in [1.82, 2.24) is 9.97 Å². The van der Waals surface area contributed by atoms with E-state index in [4.69, 9.17) is 9.47 Å². The van der Waals surface area contributed by atoms with Gasteiger partial charge in [-0.3, -0.25) is 4.98 Å².